The highest BCUT2D eigenvalue weighted by Gasteiger charge is 2.28. The normalized spacial score (nSPS) is 17.1. The van der Waals surface area contributed by atoms with E-state index in [0.29, 0.717) is 29.0 Å². The predicted octanol–water partition coefficient (Wildman–Crippen LogP) is 4.93. The van der Waals surface area contributed by atoms with Gasteiger partial charge in [-0.2, -0.15) is 0 Å². The van der Waals surface area contributed by atoms with Gasteiger partial charge in [0.15, 0.2) is 10.8 Å². The molecule has 11 heteroatoms. The highest BCUT2D eigenvalue weighted by atomic mass is 32.2. The first-order chi connectivity index (χ1) is 20.5. The summed E-state index contributed by atoms with van der Waals surface area (Å²) >= 11 is 1.25. The van der Waals surface area contributed by atoms with E-state index in [-0.39, 0.29) is 5.69 Å². The van der Waals surface area contributed by atoms with Crippen molar-refractivity contribution in [3.63, 3.8) is 0 Å². The third-order valence-electron chi connectivity index (χ3n) is 7.99. The number of primary sulfonamides is 1. The Hall–Kier alpha value is -3.82. The Morgan fingerprint density at radius 3 is 2.67 bits per heavy atom. The van der Waals surface area contributed by atoms with Crippen molar-refractivity contribution in [3.05, 3.63) is 87.9 Å². The molecule has 1 aliphatic carbocycles. The Morgan fingerprint density at radius 2 is 2.02 bits per heavy atom. The van der Waals surface area contributed by atoms with Crippen LogP contribution in [-0.4, -0.2) is 54.1 Å². The number of halogens is 1. The van der Waals surface area contributed by atoms with E-state index in [2.05, 4.69) is 28.8 Å². The first-order valence-corrected chi connectivity index (χ1v) is 16.5. The van der Waals surface area contributed by atoms with Gasteiger partial charge in [-0.15, -0.1) is 11.3 Å². The van der Waals surface area contributed by atoms with Crippen LogP contribution < -0.4 is 5.14 Å². The minimum Gasteiger partial charge on any atom is -0.476 e. The monoisotopic (exact) mass is 618 g/mol. The zero-order valence-corrected chi connectivity index (χ0v) is 25.2. The number of benzene rings is 2. The molecule has 1 atom stereocenters. The van der Waals surface area contributed by atoms with E-state index in [1.807, 2.05) is 35.0 Å². The maximum absolute atomic E-state index is 14.9. The molecular formula is C32H31FN4O4S2. The van der Waals surface area contributed by atoms with Crippen molar-refractivity contribution in [3.8, 4) is 28.1 Å². The molecular weight excluding hydrogens is 588 g/mol. The number of aromatic carboxylic acids is 1. The molecule has 3 N–H and O–H groups in total. The summed E-state index contributed by atoms with van der Waals surface area (Å²) in [6.45, 7) is 2.00. The van der Waals surface area contributed by atoms with Crippen LogP contribution in [0.2, 0.25) is 0 Å². The smallest absolute Gasteiger partial charge is 0.355 e. The molecule has 0 bridgehead atoms. The van der Waals surface area contributed by atoms with Crippen LogP contribution in [0.15, 0.2) is 58.9 Å². The SMILES string of the molecule is CN1CCC(C#Cc2cccc(-c3cn(-c4nc(C(=O)O)cs4)c(CC4CC4)c3Cc3ccc(S(N)(=O)=O)c(F)c3)c2)C1. The van der Waals surface area contributed by atoms with E-state index in [1.165, 1.54) is 28.8 Å². The van der Waals surface area contributed by atoms with Crippen molar-refractivity contribution < 1.29 is 22.7 Å². The number of carboxylic acid groups (broad SMARTS) is 1. The lowest BCUT2D eigenvalue weighted by Crippen LogP contribution is -2.14. The van der Waals surface area contributed by atoms with Gasteiger partial charge in [0.1, 0.15) is 10.7 Å². The first kappa shape index (κ1) is 29.3. The molecule has 3 heterocycles. The molecule has 0 amide bonds. The van der Waals surface area contributed by atoms with Crippen molar-refractivity contribution in [1.29, 1.82) is 0 Å². The quantitative estimate of drug-likeness (QED) is 0.271. The number of carbonyl (C=O) groups is 1. The molecule has 43 heavy (non-hydrogen) atoms. The van der Waals surface area contributed by atoms with Crippen molar-refractivity contribution >= 4 is 27.3 Å². The lowest BCUT2D eigenvalue weighted by atomic mass is 9.94. The second-order valence-electron chi connectivity index (χ2n) is 11.4. The molecule has 222 valence electrons. The average molecular weight is 619 g/mol. The summed E-state index contributed by atoms with van der Waals surface area (Å²) in [7, 11) is -2.09. The molecule has 2 fully saturated rings. The molecule has 1 saturated carbocycles. The predicted molar refractivity (Wildman–Crippen MR) is 163 cm³/mol. The number of likely N-dealkylation sites (tertiary alicyclic amines) is 1. The lowest BCUT2D eigenvalue weighted by molar-refractivity contribution is 0.0691. The Balaban J connectivity index is 1.46. The fourth-order valence-corrected chi connectivity index (χ4v) is 6.97. The van der Waals surface area contributed by atoms with Crippen molar-refractivity contribution in [2.75, 3.05) is 20.1 Å². The molecule has 8 nitrogen and oxygen atoms in total. The number of hydrogen-bond acceptors (Lipinski definition) is 6. The summed E-state index contributed by atoms with van der Waals surface area (Å²) in [6.07, 6.45) is 6.30. The molecule has 2 aromatic heterocycles. The van der Waals surface area contributed by atoms with E-state index in [0.717, 1.165) is 66.7 Å². The minimum atomic E-state index is -4.20. The molecule has 0 spiro atoms. The maximum Gasteiger partial charge on any atom is 0.355 e. The van der Waals surface area contributed by atoms with E-state index in [9.17, 15) is 22.7 Å². The first-order valence-electron chi connectivity index (χ1n) is 14.1. The van der Waals surface area contributed by atoms with Gasteiger partial charge in [0.25, 0.3) is 0 Å². The van der Waals surface area contributed by atoms with Crippen LogP contribution in [0.5, 0.6) is 0 Å². The molecule has 2 aromatic carbocycles. The molecule has 0 radical (unpaired) electrons. The number of nitrogens with two attached hydrogens (primary N) is 1. The number of carboxylic acids is 1. The Bertz CT molecular complexity index is 1880. The summed E-state index contributed by atoms with van der Waals surface area (Å²) in [4.78, 5) is 17.7. The van der Waals surface area contributed by atoms with E-state index in [4.69, 9.17) is 5.14 Å². The zero-order valence-electron chi connectivity index (χ0n) is 23.6. The summed E-state index contributed by atoms with van der Waals surface area (Å²) in [5.74, 6) is 5.59. The van der Waals surface area contributed by atoms with Gasteiger partial charge < -0.3 is 10.0 Å². The molecule has 1 saturated heterocycles. The standard InChI is InChI=1S/C32H31FN4O4S2/c1-36-12-11-22(17-36)8-7-20-3-2-4-24(13-20)26-18-37(32-35-28(19-42-32)31(38)39)29(16-21-5-6-21)25(26)14-23-9-10-30(27(33)15-23)43(34,40)41/h2-4,9-10,13,15,18-19,21-22H,5-6,11-12,14,16-17H2,1H3,(H,38,39)(H2,34,40,41). The van der Waals surface area contributed by atoms with Crippen LogP contribution in [0.4, 0.5) is 4.39 Å². The lowest BCUT2D eigenvalue weighted by Gasteiger charge is -2.12. The fourth-order valence-electron chi connectivity index (χ4n) is 5.58. The number of nitrogens with zero attached hydrogens (tertiary/aromatic N) is 3. The Kier molecular flexibility index (Phi) is 7.96. The van der Waals surface area contributed by atoms with Gasteiger partial charge in [0.05, 0.1) is 0 Å². The van der Waals surface area contributed by atoms with Gasteiger partial charge in [-0.25, -0.2) is 27.7 Å². The van der Waals surface area contributed by atoms with Crippen LogP contribution >= 0.6 is 11.3 Å². The highest BCUT2D eigenvalue weighted by molar-refractivity contribution is 7.89. The third kappa shape index (κ3) is 6.58. The van der Waals surface area contributed by atoms with Gasteiger partial charge in [-0.05, 0) is 92.6 Å². The number of aromatic nitrogens is 2. The summed E-state index contributed by atoms with van der Waals surface area (Å²) in [6, 6.07) is 12.0. The average Bonchev–Trinajstić information content (AvgIpc) is 3.30. The third-order valence-corrected chi connectivity index (χ3v) is 9.77. The number of thiazole rings is 1. The van der Waals surface area contributed by atoms with E-state index >= 15 is 0 Å². The van der Waals surface area contributed by atoms with Gasteiger partial charge in [-0.3, -0.25) is 4.57 Å². The summed E-state index contributed by atoms with van der Waals surface area (Å²) in [5.41, 5.74) is 5.22. The molecule has 6 rings (SSSR count). The minimum absolute atomic E-state index is 0.0235. The maximum atomic E-state index is 14.9. The number of sulfonamides is 1. The highest BCUT2D eigenvalue weighted by Crippen LogP contribution is 2.39. The fraction of sp³-hybridized carbons (Fsp3) is 0.312. The summed E-state index contributed by atoms with van der Waals surface area (Å²) in [5, 5.41) is 16.8. The van der Waals surface area contributed by atoms with Gasteiger partial charge in [0.2, 0.25) is 10.0 Å². The van der Waals surface area contributed by atoms with Crippen LogP contribution in [0.25, 0.3) is 16.3 Å². The molecule has 4 aromatic rings. The largest absolute Gasteiger partial charge is 0.476 e. The number of rotatable bonds is 8. The number of hydrogen-bond donors (Lipinski definition) is 2. The Labute approximate surface area is 254 Å². The second-order valence-corrected chi connectivity index (χ2v) is 13.8. The zero-order chi connectivity index (χ0) is 30.3. The van der Waals surface area contributed by atoms with Crippen molar-refractivity contribution in [2.45, 2.75) is 37.0 Å². The van der Waals surface area contributed by atoms with Crippen molar-refractivity contribution in [2.24, 2.45) is 17.0 Å². The van der Waals surface area contributed by atoms with Crippen LogP contribution in [0, 0.1) is 29.5 Å². The van der Waals surface area contributed by atoms with Crippen molar-refractivity contribution in [1.82, 2.24) is 14.5 Å². The van der Waals surface area contributed by atoms with Crippen LogP contribution in [0.1, 0.15) is 52.1 Å². The second kappa shape index (κ2) is 11.7. The Morgan fingerprint density at radius 1 is 1.21 bits per heavy atom. The van der Waals surface area contributed by atoms with Crippen LogP contribution in [-0.2, 0) is 22.9 Å². The topological polar surface area (TPSA) is 119 Å². The van der Waals surface area contributed by atoms with Gasteiger partial charge >= 0.3 is 5.97 Å². The van der Waals surface area contributed by atoms with Gasteiger partial charge in [0, 0.05) is 40.9 Å². The van der Waals surface area contributed by atoms with E-state index < -0.39 is 26.7 Å². The molecule has 1 unspecified atom stereocenters. The summed E-state index contributed by atoms with van der Waals surface area (Å²) < 4.78 is 40.5. The van der Waals surface area contributed by atoms with Gasteiger partial charge in [-0.1, -0.05) is 30.0 Å². The van der Waals surface area contributed by atoms with E-state index in [1.54, 1.807) is 6.07 Å². The van der Waals surface area contributed by atoms with Crippen LogP contribution in [0.3, 0.4) is 0 Å². The molecule has 2 aliphatic rings. The molecule has 1 aliphatic heterocycles.